The van der Waals surface area contributed by atoms with Gasteiger partial charge in [-0.05, 0) is 23.1 Å². The molecule has 0 saturated carbocycles. The van der Waals surface area contributed by atoms with Crippen LogP contribution in [0.15, 0.2) is 42.6 Å². The normalized spacial score (nSPS) is 15.9. The third kappa shape index (κ3) is 3.56. The number of carbonyl (C=O) groups excluding carboxylic acids is 1. The number of nitrogens with zero attached hydrogens (tertiary/aromatic N) is 2. The van der Waals surface area contributed by atoms with E-state index in [-0.39, 0.29) is 17.5 Å². The summed E-state index contributed by atoms with van der Waals surface area (Å²) < 4.78 is 6.83. The van der Waals surface area contributed by atoms with Crippen molar-refractivity contribution in [2.75, 3.05) is 11.9 Å². The van der Waals surface area contributed by atoms with Crippen LogP contribution in [0.5, 0.6) is 5.75 Å². The summed E-state index contributed by atoms with van der Waals surface area (Å²) in [5, 5.41) is 19.5. The van der Waals surface area contributed by atoms with Crippen molar-refractivity contribution < 1.29 is 19.4 Å². The molecule has 2 aromatic carbocycles. The second-order valence-corrected chi connectivity index (χ2v) is 8.34. The molecule has 3 aromatic rings. The van der Waals surface area contributed by atoms with Crippen LogP contribution >= 0.6 is 0 Å². The number of benzene rings is 2. The van der Waals surface area contributed by atoms with Gasteiger partial charge in [-0.25, -0.2) is 9.59 Å². The van der Waals surface area contributed by atoms with E-state index in [0.29, 0.717) is 29.6 Å². The van der Waals surface area contributed by atoms with Crippen LogP contribution in [0.1, 0.15) is 44.4 Å². The summed E-state index contributed by atoms with van der Waals surface area (Å²) in [5.41, 5.74) is 2.90. The van der Waals surface area contributed by atoms with Gasteiger partial charge in [0.1, 0.15) is 5.75 Å². The zero-order chi connectivity index (χ0) is 21.5. The summed E-state index contributed by atoms with van der Waals surface area (Å²) in [5.74, 6) is 0.839. The lowest BCUT2D eigenvalue weighted by molar-refractivity contribution is 0.194. The lowest BCUT2D eigenvalue weighted by Crippen LogP contribution is -2.35. The number of anilines is 1. The number of hydrogen-bond donors (Lipinski definition) is 3. The Morgan fingerprint density at radius 1 is 1.20 bits per heavy atom. The summed E-state index contributed by atoms with van der Waals surface area (Å²) in [6.45, 7) is 6.92. The Hall–Kier alpha value is -3.55. The summed E-state index contributed by atoms with van der Waals surface area (Å²) in [4.78, 5) is 24.0. The Labute approximate surface area is 173 Å². The third-order valence-electron chi connectivity index (χ3n) is 5.23. The van der Waals surface area contributed by atoms with Gasteiger partial charge < -0.3 is 20.5 Å². The number of urea groups is 1. The minimum Gasteiger partial charge on any atom is -0.493 e. The number of carboxylic acid groups (broad SMARTS) is 1. The smallest absolute Gasteiger partial charge is 0.432 e. The van der Waals surface area contributed by atoms with Gasteiger partial charge in [0.25, 0.3) is 0 Å². The Morgan fingerprint density at radius 2 is 1.97 bits per heavy atom. The highest BCUT2D eigenvalue weighted by Gasteiger charge is 2.29. The Balaban J connectivity index is 1.57. The molecule has 4 rings (SSSR count). The van der Waals surface area contributed by atoms with Gasteiger partial charge in [0, 0.05) is 17.4 Å². The zero-order valence-corrected chi connectivity index (χ0v) is 17.1. The van der Waals surface area contributed by atoms with E-state index in [1.54, 1.807) is 18.2 Å². The van der Waals surface area contributed by atoms with Crippen LogP contribution < -0.4 is 15.4 Å². The second kappa shape index (κ2) is 7.37. The number of aromatic nitrogens is 2. The number of hydrogen-bond acceptors (Lipinski definition) is 4. The van der Waals surface area contributed by atoms with Crippen molar-refractivity contribution in [3.05, 3.63) is 53.7 Å². The summed E-state index contributed by atoms with van der Waals surface area (Å²) in [6.07, 6.45) is 0.910. The van der Waals surface area contributed by atoms with E-state index in [0.717, 1.165) is 21.6 Å². The van der Waals surface area contributed by atoms with Gasteiger partial charge in [-0.1, -0.05) is 45.0 Å². The lowest BCUT2D eigenvalue weighted by atomic mass is 9.83. The minimum atomic E-state index is -1.18. The highest BCUT2D eigenvalue weighted by atomic mass is 16.5. The summed E-state index contributed by atoms with van der Waals surface area (Å²) in [7, 11) is 0. The van der Waals surface area contributed by atoms with Crippen LogP contribution in [0.25, 0.3) is 10.9 Å². The molecule has 30 heavy (non-hydrogen) atoms. The van der Waals surface area contributed by atoms with Crippen molar-refractivity contribution in [3.8, 4) is 5.75 Å². The average Bonchev–Trinajstić information content (AvgIpc) is 3.12. The van der Waals surface area contributed by atoms with Gasteiger partial charge in [0.05, 0.1) is 30.0 Å². The van der Waals surface area contributed by atoms with E-state index < -0.39 is 6.09 Å². The van der Waals surface area contributed by atoms with Crippen molar-refractivity contribution >= 4 is 28.7 Å². The fourth-order valence-corrected chi connectivity index (χ4v) is 3.79. The molecule has 1 atom stereocenters. The predicted molar refractivity (Wildman–Crippen MR) is 113 cm³/mol. The maximum Gasteiger partial charge on any atom is 0.432 e. The Bertz CT molecular complexity index is 1130. The zero-order valence-electron chi connectivity index (χ0n) is 17.1. The summed E-state index contributed by atoms with van der Waals surface area (Å²) in [6, 6.07) is 10.5. The fraction of sp³-hybridized carbons (Fsp3) is 0.318. The van der Waals surface area contributed by atoms with E-state index >= 15 is 0 Å². The van der Waals surface area contributed by atoms with E-state index in [4.69, 9.17) is 4.74 Å². The highest BCUT2D eigenvalue weighted by Crippen LogP contribution is 2.40. The Morgan fingerprint density at radius 3 is 2.70 bits per heavy atom. The molecular formula is C22H24N4O4. The molecule has 0 spiro atoms. The topological polar surface area (TPSA) is 105 Å². The molecule has 1 aromatic heterocycles. The van der Waals surface area contributed by atoms with Crippen LogP contribution in [0.4, 0.5) is 15.3 Å². The molecule has 2 amide bonds. The largest absolute Gasteiger partial charge is 0.493 e. The fourth-order valence-electron chi connectivity index (χ4n) is 3.79. The first-order valence-electron chi connectivity index (χ1n) is 9.79. The number of amides is 2. The number of carbonyl (C=O) groups is 2. The second-order valence-electron chi connectivity index (χ2n) is 8.34. The van der Waals surface area contributed by atoms with Crippen LogP contribution in [-0.4, -0.2) is 33.6 Å². The molecule has 3 N–H and O–H groups in total. The molecular weight excluding hydrogens is 384 g/mol. The minimum absolute atomic E-state index is 0.0740. The SMILES string of the molecule is CC(C)(C)c1cccc2c1OCCC2NC(=O)Nc1cccc2c1cnn2C(=O)O. The molecule has 8 heteroatoms. The molecule has 0 bridgehead atoms. The molecule has 8 nitrogen and oxygen atoms in total. The Kier molecular flexibility index (Phi) is 4.85. The summed E-state index contributed by atoms with van der Waals surface area (Å²) >= 11 is 0. The molecule has 1 unspecified atom stereocenters. The van der Waals surface area contributed by atoms with E-state index in [9.17, 15) is 14.7 Å². The molecule has 0 fully saturated rings. The van der Waals surface area contributed by atoms with Crippen molar-refractivity contribution in [3.63, 3.8) is 0 Å². The van der Waals surface area contributed by atoms with Crippen LogP contribution in [-0.2, 0) is 5.41 Å². The molecule has 1 aliphatic heterocycles. The molecule has 1 aliphatic rings. The maximum absolute atomic E-state index is 12.8. The first kappa shape index (κ1) is 19.8. The molecule has 156 valence electrons. The van der Waals surface area contributed by atoms with Gasteiger partial charge in [-0.3, -0.25) is 0 Å². The van der Waals surface area contributed by atoms with Gasteiger partial charge in [0.2, 0.25) is 0 Å². The standard InChI is InChI=1S/C22H24N4O4/c1-22(2,3)15-7-4-6-13-17(10-11-30-19(13)15)25-20(27)24-16-8-5-9-18-14(16)12-23-26(18)21(28)29/h4-9,12,17H,10-11H2,1-3H3,(H,28,29)(H2,24,25,27). The number of nitrogens with one attached hydrogen (secondary N) is 2. The average molecular weight is 408 g/mol. The first-order chi connectivity index (χ1) is 14.3. The number of ether oxygens (including phenoxy) is 1. The van der Waals surface area contributed by atoms with E-state index in [1.807, 2.05) is 12.1 Å². The van der Waals surface area contributed by atoms with E-state index in [1.165, 1.54) is 6.20 Å². The molecule has 2 heterocycles. The molecule has 0 saturated heterocycles. The van der Waals surface area contributed by atoms with Crippen molar-refractivity contribution in [1.29, 1.82) is 0 Å². The van der Waals surface area contributed by atoms with Gasteiger partial charge in [-0.2, -0.15) is 9.78 Å². The number of fused-ring (bicyclic) bond motifs is 2. The van der Waals surface area contributed by atoms with Gasteiger partial charge >= 0.3 is 12.1 Å². The van der Waals surface area contributed by atoms with E-state index in [2.05, 4.69) is 42.6 Å². The quantitative estimate of drug-likeness (QED) is 0.579. The number of para-hydroxylation sites is 1. The first-order valence-corrected chi connectivity index (χ1v) is 9.79. The van der Waals surface area contributed by atoms with Crippen LogP contribution in [0.3, 0.4) is 0 Å². The predicted octanol–water partition coefficient (Wildman–Crippen LogP) is 4.51. The van der Waals surface area contributed by atoms with Crippen LogP contribution in [0, 0.1) is 0 Å². The van der Waals surface area contributed by atoms with Gasteiger partial charge in [0.15, 0.2) is 0 Å². The lowest BCUT2D eigenvalue weighted by Gasteiger charge is -2.31. The van der Waals surface area contributed by atoms with Crippen molar-refractivity contribution in [2.45, 2.75) is 38.6 Å². The molecule has 0 aliphatic carbocycles. The maximum atomic E-state index is 12.8. The highest BCUT2D eigenvalue weighted by molar-refractivity contribution is 6.02. The monoisotopic (exact) mass is 408 g/mol. The van der Waals surface area contributed by atoms with Gasteiger partial charge in [-0.15, -0.1) is 0 Å². The third-order valence-corrected chi connectivity index (χ3v) is 5.23. The number of rotatable bonds is 2. The molecule has 0 radical (unpaired) electrons. The van der Waals surface area contributed by atoms with Crippen LogP contribution in [0.2, 0.25) is 0 Å². The van der Waals surface area contributed by atoms with Crippen molar-refractivity contribution in [2.24, 2.45) is 0 Å². The van der Waals surface area contributed by atoms with Crippen molar-refractivity contribution in [1.82, 2.24) is 15.1 Å².